The second-order valence-corrected chi connectivity index (χ2v) is 8.69. The van der Waals surface area contributed by atoms with E-state index in [2.05, 4.69) is 0 Å². The molecule has 2 saturated carbocycles. The number of carbonyl (C=O) groups excluding carboxylic acids is 1. The zero-order valence-electron chi connectivity index (χ0n) is 16.3. The van der Waals surface area contributed by atoms with E-state index < -0.39 is 11.6 Å². The number of amides is 1. The molecule has 2 atom stereocenters. The van der Waals surface area contributed by atoms with Gasteiger partial charge in [-0.05, 0) is 75.0 Å². The van der Waals surface area contributed by atoms with Crippen molar-refractivity contribution in [3.63, 3.8) is 0 Å². The Balaban J connectivity index is 1.30. The van der Waals surface area contributed by atoms with Crippen LogP contribution < -0.4 is 5.73 Å². The van der Waals surface area contributed by atoms with Crippen LogP contribution in [0.4, 0.5) is 8.78 Å². The lowest BCUT2D eigenvalue weighted by Gasteiger charge is -2.41. The molecule has 0 radical (unpaired) electrons. The Hall–Kier alpha value is -1.53. The molecule has 4 nitrogen and oxygen atoms in total. The fourth-order valence-electron chi connectivity index (χ4n) is 4.75. The minimum Gasteiger partial charge on any atom is -0.376 e. The number of halogens is 2. The summed E-state index contributed by atoms with van der Waals surface area (Å²) in [7, 11) is 0. The maximum atomic E-state index is 13.5. The molecule has 3 fully saturated rings. The molecule has 1 aromatic carbocycles. The van der Waals surface area contributed by atoms with Gasteiger partial charge in [-0.2, -0.15) is 0 Å². The van der Waals surface area contributed by atoms with Crippen molar-refractivity contribution in [3.05, 3.63) is 35.4 Å². The van der Waals surface area contributed by atoms with Gasteiger partial charge >= 0.3 is 0 Å². The van der Waals surface area contributed by atoms with Gasteiger partial charge in [-0.3, -0.25) is 4.79 Å². The van der Waals surface area contributed by atoms with Gasteiger partial charge in [0.25, 0.3) is 0 Å². The number of nitrogens with two attached hydrogens (primary N) is 1. The van der Waals surface area contributed by atoms with Gasteiger partial charge in [-0.1, -0.05) is 0 Å². The second kappa shape index (κ2) is 8.46. The maximum Gasteiger partial charge on any atom is 0.226 e. The van der Waals surface area contributed by atoms with Gasteiger partial charge in [-0.25, -0.2) is 8.78 Å². The Morgan fingerprint density at radius 1 is 1.04 bits per heavy atom. The van der Waals surface area contributed by atoms with Crippen molar-refractivity contribution in [2.24, 2.45) is 11.7 Å². The molecule has 2 aliphatic carbocycles. The first-order valence-electron chi connectivity index (χ1n) is 10.6. The normalized spacial score (nSPS) is 31.0. The minimum absolute atomic E-state index is 0.0249. The van der Waals surface area contributed by atoms with Crippen molar-refractivity contribution in [2.45, 2.75) is 75.5 Å². The maximum absolute atomic E-state index is 13.5. The molecule has 2 N–H and O–H groups in total. The third-order valence-corrected chi connectivity index (χ3v) is 6.57. The Labute approximate surface area is 165 Å². The third kappa shape index (κ3) is 4.54. The van der Waals surface area contributed by atoms with E-state index in [1.807, 2.05) is 4.90 Å². The number of hydrogen-bond donors (Lipinski definition) is 1. The van der Waals surface area contributed by atoms with Gasteiger partial charge in [0.2, 0.25) is 5.91 Å². The van der Waals surface area contributed by atoms with Crippen LogP contribution in [-0.2, 0) is 9.53 Å². The molecule has 0 spiro atoms. The molecule has 6 heteroatoms. The highest BCUT2D eigenvalue weighted by molar-refractivity contribution is 5.81. The summed E-state index contributed by atoms with van der Waals surface area (Å²) in [5.41, 5.74) is 7.07. The average Bonchev–Trinajstić information content (AvgIpc) is 3.51. The van der Waals surface area contributed by atoms with Crippen LogP contribution in [0.3, 0.4) is 0 Å². The van der Waals surface area contributed by atoms with E-state index in [0.29, 0.717) is 6.61 Å². The van der Waals surface area contributed by atoms with Crippen molar-refractivity contribution < 1.29 is 18.3 Å². The molecule has 4 rings (SSSR count). The van der Waals surface area contributed by atoms with E-state index in [0.717, 1.165) is 69.5 Å². The molecular weight excluding hydrogens is 362 g/mol. The Kier molecular flexibility index (Phi) is 5.97. The second-order valence-electron chi connectivity index (χ2n) is 8.69. The summed E-state index contributed by atoms with van der Waals surface area (Å²) in [4.78, 5) is 14.5. The van der Waals surface area contributed by atoms with Gasteiger partial charge in [0, 0.05) is 24.6 Å². The molecule has 3 aliphatic rings. The van der Waals surface area contributed by atoms with Gasteiger partial charge in [0.1, 0.15) is 11.6 Å². The van der Waals surface area contributed by atoms with Crippen molar-refractivity contribution in [1.29, 1.82) is 0 Å². The monoisotopic (exact) mass is 392 g/mol. The van der Waals surface area contributed by atoms with Gasteiger partial charge in [-0.15, -0.1) is 0 Å². The largest absolute Gasteiger partial charge is 0.376 e. The van der Waals surface area contributed by atoms with E-state index in [9.17, 15) is 13.6 Å². The average molecular weight is 392 g/mol. The van der Waals surface area contributed by atoms with E-state index >= 15 is 0 Å². The van der Waals surface area contributed by atoms with Crippen LogP contribution in [0.25, 0.3) is 0 Å². The molecular formula is C22H30F2N2O2. The molecule has 1 heterocycles. The zero-order chi connectivity index (χ0) is 19.7. The number of rotatable bonds is 5. The summed E-state index contributed by atoms with van der Waals surface area (Å²) in [6.45, 7) is 1.28. The zero-order valence-corrected chi connectivity index (χ0v) is 16.3. The topological polar surface area (TPSA) is 55.6 Å². The van der Waals surface area contributed by atoms with E-state index in [1.54, 1.807) is 0 Å². The number of ether oxygens (including phenoxy) is 1. The SMILES string of the molecule is NC1CCCN(C(=O)C2CC2)C1COC1CCC(c2cc(F)cc(F)c2)CC1. The number of benzene rings is 1. The van der Waals surface area contributed by atoms with Crippen LogP contribution in [-0.4, -0.2) is 42.1 Å². The van der Waals surface area contributed by atoms with E-state index in [4.69, 9.17) is 10.5 Å². The van der Waals surface area contributed by atoms with Crippen molar-refractivity contribution in [1.82, 2.24) is 4.90 Å². The first kappa shape index (κ1) is 19.8. The first-order valence-corrected chi connectivity index (χ1v) is 10.6. The summed E-state index contributed by atoms with van der Waals surface area (Å²) in [6, 6.07) is 3.75. The predicted molar refractivity (Wildman–Crippen MR) is 103 cm³/mol. The van der Waals surface area contributed by atoms with Crippen molar-refractivity contribution in [3.8, 4) is 0 Å². The fraction of sp³-hybridized carbons (Fsp3) is 0.682. The minimum atomic E-state index is -0.514. The summed E-state index contributed by atoms with van der Waals surface area (Å²) in [6.07, 6.45) is 7.46. The van der Waals surface area contributed by atoms with Crippen LogP contribution in [0.1, 0.15) is 62.8 Å². The molecule has 0 aromatic heterocycles. The first-order chi connectivity index (χ1) is 13.5. The van der Waals surface area contributed by atoms with Gasteiger partial charge in [0.05, 0.1) is 18.8 Å². The summed E-state index contributed by atoms with van der Waals surface area (Å²) in [5, 5.41) is 0. The third-order valence-electron chi connectivity index (χ3n) is 6.57. The van der Waals surface area contributed by atoms with Crippen LogP contribution in [0.2, 0.25) is 0 Å². The number of nitrogens with zero attached hydrogens (tertiary/aromatic N) is 1. The molecule has 1 aromatic rings. The van der Waals surface area contributed by atoms with Crippen molar-refractivity contribution >= 4 is 5.91 Å². The number of hydrogen-bond acceptors (Lipinski definition) is 3. The van der Waals surface area contributed by atoms with Crippen LogP contribution in [0.15, 0.2) is 18.2 Å². The Morgan fingerprint density at radius 2 is 1.71 bits per heavy atom. The lowest BCUT2D eigenvalue weighted by Crippen LogP contribution is -2.57. The van der Waals surface area contributed by atoms with E-state index in [1.165, 1.54) is 12.1 Å². The lowest BCUT2D eigenvalue weighted by molar-refractivity contribution is -0.139. The number of carbonyl (C=O) groups is 1. The molecule has 0 bridgehead atoms. The highest BCUT2D eigenvalue weighted by Crippen LogP contribution is 2.36. The molecule has 154 valence electrons. The van der Waals surface area contributed by atoms with Gasteiger partial charge in [0.15, 0.2) is 0 Å². The van der Waals surface area contributed by atoms with Crippen molar-refractivity contribution in [2.75, 3.05) is 13.2 Å². The summed E-state index contributed by atoms with van der Waals surface area (Å²) >= 11 is 0. The molecule has 28 heavy (non-hydrogen) atoms. The summed E-state index contributed by atoms with van der Waals surface area (Å²) < 4.78 is 33.1. The standard InChI is InChI=1S/C22H30F2N2O2/c23-17-10-16(11-18(24)12-17)14-5-7-19(8-6-14)28-13-21-20(25)2-1-9-26(21)22(27)15-3-4-15/h10-12,14-15,19-21H,1-9,13,25H2. The van der Waals surface area contributed by atoms with Crippen LogP contribution in [0, 0.1) is 17.6 Å². The predicted octanol–water partition coefficient (Wildman–Crippen LogP) is 3.74. The highest BCUT2D eigenvalue weighted by atomic mass is 19.1. The lowest BCUT2D eigenvalue weighted by atomic mass is 9.82. The molecule has 2 unspecified atom stereocenters. The quantitative estimate of drug-likeness (QED) is 0.831. The smallest absolute Gasteiger partial charge is 0.226 e. The van der Waals surface area contributed by atoms with Crippen LogP contribution >= 0.6 is 0 Å². The molecule has 1 amide bonds. The fourth-order valence-corrected chi connectivity index (χ4v) is 4.75. The number of piperidine rings is 1. The highest BCUT2D eigenvalue weighted by Gasteiger charge is 2.40. The van der Waals surface area contributed by atoms with E-state index in [-0.39, 0.29) is 35.9 Å². The summed E-state index contributed by atoms with van der Waals surface area (Å²) in [5.74, 6) is -0.398. The van der Waals surface area contributed by atoms with Gasteiger partial charge < -0.3 is 15.4 Å². The van der Waals surface area contributed by atoms with Crippen LogP contribution in [0.5, 0.6) is 0 Å². The molecule has 1 saturated heterocycles. The molecule has 1 aliphatic heterocycles. The Bertz CT molecular complexity index is 682. The number of likely N-dealkylation sites (tertiary alicyclic amines) is 1. The Morgan fingerprint density at radius 3 is 2.36 bits per heavy atom.